The highest BCUT2D eigenvalue weighted by molar-refractivity contribution is 5.85. The highest BCUT2D eigenvalue weighted by Crippen LogP contribution is 2.35. The summed E-state index contributed by atoms with van der Waals surface area (Å²) in [6.45, 7) is 5.72. The second-order valence-corrected chi connectivity index (χ2v) is 5.97. The number of amides is 1. The maximum Gasteiger partial charge on any atom is 0.409 e. The van der Waals surface area contributed by atoms with E-state index in [1.807, 2.05) is 0 Å². The van der Waals surface area contributed by atoms with Crippen molar-refractivity contribution in [2.24, 2.45) is 0 Å². The van der Waals surface area contributed by atoms with Gasteiger partial charge in [0.2, 0.25) is 6.79 Å². The summed E-state index contributed by atoms with van der Waals surface area (Å²) in [6.07, 6.45) is -0.881. The number of carbonyl (C=O) groups is 1. The summed E-state index contributed by atoms with van der Waals surface area (Å²) in [5.74, 6) is 1.99. The van der Waals surface area contributed by atoms with Crippen LogP contribution in [0.1, 0.15) is 6.92 Å². The molecule has 2 heterocycles. The predicted octanol–water partition coefficient (Wildman–Crippen LogP) is 1.35. The number of hydrogen-bond donors (Lipinski definition) is 1. The number of carbonyl (C=O) groups excluding carboxylic acids is 1. The molecular weight excluding hydrogens is 364 g/mol. The number of rotatable bonds is 6. The average molecular weight is 389 g/mol. The number of benzene rings is 1. The normalized spacial score (nSPS) is 17.4. The third kappa shape index (κ3) is 5.30. The minimum Gasteiger partial charge on any atom is -0.491 e. The zero-order valence-corrected chi connectivity index (χ0v) is 15.6. The van der Waals surface area contributed by atoms with Crippen LogP contribution in [0.4, 0.5) is 4.79 Å². The van der Waals surface area contributed by atoms with E-state index in [1.54, 1.807) is 30.0 Å². The Balaban J connectivity index is 0.00000243. The van der Waals surface area contributed by atoms with Crippen LogP contribution in [0.5, 0.6) is 17.2 Å². The van der Waals surface area contributed by atoms with Gasteiger partial charge in [-0.1, -0.05) is 0 Å². The van der Waals surface area contributed by atoms with Gasteiger partial charge in [0.05, 0.1) is 6.61 Å². The van der Waals surface area contributed by atoms with E-state index in [0.29, 0.717) is 56.6 Å². The average Bonchev–Trinajstić information content (AvgIpc) is 3.08. The number of aliphatic hydroxyl groups is 1. The van der Waals surface area contributed by atoms with Crippen molar-refractivity contribution < 1.29 is 28.8 Å². The lowest BCUT2D eigenvalue weighted by Gasteiger charge is -2.34. The van der Waals surface area contributed by atoms with Crippen molar-refractivity contribution in [1.82, 2.24) is 9.80 Å². The van der Waals surface area contributed by atoms with Crippen molar-refractivity contribution in [2.45, 2.75) is 13.0 Å². The van der Waals surface area contributed by atoms with Gasteiger partial charge < -0.3 is 29.0 Å². The second-order valence-electron chi connectivity index (χ2n) is 5.97. The first-order valence-corrected chi connectivity index (χ1v) is 8.50. The van der Waals surface area contributed by atoms with Gasteiger partial charge in [-0.2, -0.15) is 0 Å². The van der Waals surface area contributed by atoms with Crippen LogP contribution in [0.15, 0.2) is 18.2 Å². The summed E-state index contributed by atoms with van der Waals surface area (Å²) in [5, 5.41) is 10.2. The van der Waals surface area contributed by atoms with E-state index in [4.69, 9.17) is 18.9 Å². The smallest absolute Gasteiger partial charge is 0.409 e. The highest BCUT2D eigenvalue weighted by Gasteiger charge is 2.23. The van der Waals surface area contributed by atoms with E-state index in [0.717, 1.165) is 0 Å². The van der Waals surface area contributed by atoms with E-state index >= 15 is 0 Å². The molecule has 146 valence electrons. The molecule has 2 aliphatic rings. The summed E-state index contributed by atoms with van der Waals surface area (Å²) in [4.78, 5) is 15.5. The number of piperazine rings is 1. The molecule has 1 fully saturated rings. The summed E-state index contributed by atoms with van der Waals surface area (Å²) >= 11 is 0. The third-order valence-corrected chi connectivity index (χ3v) is 4.15. The van der Waals surface area contributed by atoms with Crippen LogP contribution in [0, 0.1) is 0 Å². The van der Waals surface area contributed by atoms with Crippen LogP contribution in [0.25, 0.3) is 0 Å². The zero-order valence-electron chi connectivity index (χ0n) is 14.8. The van der Waals surface area contributed by atoms with Gasteiger partial charge in [-0.25, -0.2) is 4.79 Å². The van der Waals surface area contributed by atoms with Gasteiger partial charge in [0.25, 0.3) is 0 Å². The Kier molecular flexibility index (Phi) is 7.62. The van der Waals surface area contributed by atoms with E-state index < -0.39 is 6.10 Å². The maximum atomic E-state index is 11.7. The summed E-state index contributed by atoms with van der Waals surface area (Å²) in [7, 11) is 0. The molecule has 9 heteroatoms. The van der Waals surface area contributed by atoms with Crippen molar-refractivity contribution in [3.63, 3.8) is 0 Å². The molecule has 0 aromatic heterocycles. The van der Waals surface area contributed by atoms with Crippen LogP contribution in [0.3, 0.4) is 0 Å². The molecule has 8 nitrogen and oxygen atoms in total. The molecule has 0 radical (unpaired) electrons. The molecule has 1 aromatic carbocycles. The molecule has 0 aliphatic carbocycles. The molecule has 0 spiro atoms. The predicted molar refractivity (Wildman–Crippen MR) is 96.3 cm³/mol. The molecule has 0 bridgehead atoms. The molecule has 1 N–H and O–H groups in total. The summed E-state index contributed by atoms with van der Waals surface area (Å²) in [6, 6.07) is 5.34. The Bertz CT molecular complexity index is 595. The Morgan fingerprint density at radius 3 is 2.69 bits per heavy atom. The first kappa shape index (κ1) is 20.4. The topological polar surface area (TPSA) is 80.7 Å². The SMILES string of the molecule is CCOC(=O)N1CCN(CC(O)COc2ccc3c(c2)OCO3)CC1.Cl. The number of fused-ring (bicyclic) bond motifs is 1. The number of halogens is 1. The molecule has 2 aliphatic heterocycles. The van der Waals surface area contributed by atoms with Crippen LogP contribution in [-0.2, 0) is 4.74 Å². The lowest BCUT2D eigenvalue weighted by molar-refractivity contribution is 0.0407. The van der Waals surface area contributed by atoms with Gasteiger partial charge in [-0.15, -0.1) is 12.4 Å². The van der Waals surface area contributed by atoms with Crippen LogP contribution >= 0.6 is 12.4 Å². The molecule has 3 rings (SSSR count). The molecule has 26 heavy (non-hydrogen) atoms. The Hall–Kier alpha value is -1.90. The maximum absolute atomic E-state index is 11.7. The molecule has 1 atom stereocenters. The number of hydrogen-bond acceptors (Lipinski definition) is 7. The van der Waals surface area contributed by atoms with Crippen molar-refractivity contribution in [2.75, 3.05) is 52.7 Å². The number of β-amino-alcohol motifs (C(OH)–C–C–N with tert-alkyl or cyclic N) is 1. The summed E-state index contributed by atoms with van der Waals surface area (Å²) in [5.41, 5.74) is 0. The number of aliphatic hydroxyl groups excluding tert-OH is 1. The highest BCUT2D eigenvalue weighted by atomic mass is 35.5. The quantitative estimate of drug-likeness (QED) is 0.787. The monoisotopic (exact) mass is 388 g/mol. The fourth-order valence-corrected chi connectivity index (χ4v) is 2.84. The molecule has 0 saturated carbocycles. The van der Waals surface area contributed by atoms with Gasteiger partial charge in [-0.3, -0.25) is 4.90 Å². The van der Waals surface area contributed by atoms with Gasteiger partial charge in [0, 0.05) is 38.8 Å². The van der Waals surface area contributed by atoms with Gasteiger partial charge in [0.15, 0.2) is 11.5 Å². The van der Waals surface area contributed by atoms with E-state index in [2.05, 4.69) is 4.90 Å². The van der Waals surface area contributed by atoms with Crippen LogP contribution in [0.2, 0.25) is 0 Å². The zero-order chi connectivity index (χ0) is 17.6. The molecule has 1 amide bonds. The van der Waals surface area contributed by atoms with Crippen LogP contribution in [-0.4, -0.2) is 79.8 Å². The Morgan fingerprint density at radius 1 is 1.23 bits per heavy atom. The van der Waals surface area contributed by atoms with E-state index in [9.17, 15) is 9.90 Å². The van der Waals surface area contributed by atoms with Crippen molar-refractivity contribution in [1.29, 1.82) is 0 Å². The van der Waals surface area contributed by atoms with Crippen molar-refractivity contribution in [3.8, 4) is 17.2 Å². The van der Waals surface area contributed by atoms with Crippen LogP contribution < -0.4 is 14.2 Å². The third-order valence-electron chi connectivity index (χ3n) is 4.15. The fraction of sp³-hybridized carbons (Fsp3) is 0.588. The molecule has 1 aromatic rings. The Morgan fingerprint density at radius 2 is 1.96 bits per heavy atom. The minimum absolute atomic E-state index is 0. The molecular formula is C17H25ClN2O6. The summed E-state index contributed by atoms with van der Waals surface area (Å²) < 4.78 is 21.2. The van der Waals surface area contributed by atoms with Crippen molar-refractivity contribution >= 4 is 18.5 Å². The van der Waals surface area contributed by atoms with E-state index in [1.165, 1.54) is 0 Å². The number of ether oxygens (including phenoxy) is 4. The van der Waals surface area contributed by atoms with Gasteiger partial charge in [-0.05, 0) is 19.1 Å². The molecule has 1 saturated heterocycles. The van der Waals surface area contributed by atoms with E-state index in [-0.39, 0.29) is 31.9 Å². The first-order chi connectivity index (χ1) is 12.2. The Labute approximate surface area is 159 Å². The van der Waals surface area contributed by atoms with Gasteiger partial charge in [0.1, 0.15) is 18.5 Å². The second kappa shape index (κ2) is 9.70. The standard InChI is InChI=1S/C17H24N2O6.ClH/c1-2-22-17(21)19-7-5-18(6-8-19)10-13(20)11-23-14-3-4-15-16(9-14)25-12-24-15;/h3-4,9,13,20H,2,5-8,10-12H2,1H3;1H. The first-order valence-electron chi connectivity index (χ1n) is 8.50. The fourth-order valence-electron chi connectivity index (χ4n) is 2.84. The number of nitrogens with zero attached hydrogens (tertiary/aromatic N) is 2. The lowest BCUT2D eigenvalue weighted by Crippen LogP contribution is -2.51. The van der Waals surface area contributed by atoms with Crippen molar-refractivity contribution in [3.05, 3.63) is 18.2 Å². The molecule has 1 unspecified atom stereocenters. The largest absolute Gasteiger partial charge is 0.491 e. The lowest BCUT2D eigenvalue weighted by atomic mass is 10.2. The minimum atomic E-state index is -0.612. The van der Waals surface area contributed by atoms with Gasteiger partial charge >= 0.3 is 6.09 Å².